The Morgan fingerprint density at radius 2 is 2.24 bits per heavy atom. The fourth-order valence-corrected chi connectivity index (χ4v) is 4.96. The summed E-state index contributed by atoms with van der Waals surface area (Å²) in [5.74, 6) is 0.426. The predicted molar refractivity (Wildman–Crippen MR) is 87.1 cm³/mol. The Balaban J connectivity index is 1.87. The lowest BCUT2D eigenvalue weighted by molar-refractivity contribution is 0.394. The minimum absolute atomic E-state index is 0.419. The van der Waals surface area contributed by atoms with Crippen LogP contribution in [0, 0.1) is 5.92 Å². The van der Waals surface area contributed by atoms with Crippen LogP contribution in [0.3, 0.4) is 0 Å². The number of nitrogens with zero attached hydrogens (tertiary/aromatic N) is 1. The van der Waals surface area contributed by atoms with Crippen LogP contribution in [0.2, 0.25) is 0 Å². The Kier molecular flexibility index (Phi) is 6.19. The van der Waals surface area contributed by atoms with Gasteiger partial charge in [-0.15, -0.1) is 11.3 Å². The van der Waals surface area contributed by atoms with E-state index in [0.29, 0.717) is 16.7 Å². The molecule has 7 heteroatoms. The summed E-state index contributed by atoms with van der Waals surface area (Å²) >= 11 is 1.35. The highest BCUT2D eigenvalue weighted by Gasteiger charge is 2.23. The molecule has 1 aliphatic heterocycles. The van der Waals surface area contributed by atoms with Crippen molar-refractivity contribution in [3.05, 3.63) is 17.0 Å². The van der Waals surface area contributed by atoms with Crippen molar-refractivity contribution < 1.29 is 8.42 Å². The van der Waals surface area contributed by atoms with Crippen molar-refractivity contribution in [1.82, 2.24) is 14.9 Å². The van der Waals surface area contributed by atoms with E-state index < -0.39 is 10.0 Å². The maximum Gasteiger partial charge on any atom is 0.250 e. The van der Waals surface area contributed by atoms with E-state index in [4.69, 9.17) is 0 Å². The van der Waals surface area contributed by atoms with Gasteiger partial charge in [-0.3, -0.25) is 0 Å². The van der Waals surface area contributed by atoms with Crippen molar-refractivity contribution in [2.24, 2.45) is 5.92 Å². The molecule has 120 valence electrons. The van der Waals surface area contributed by atoms with Gasteiger partial charge in [0, 0.05) is 24.5 Å². The van der Waals surface area contributed by atoms with Crippen LogP contribution in [-0.4, -0.2) is 46.5 Å². The quantitative estimate of drug-likeness (QED) is 0.708. The maximum atomic E-state index is 12.3. The number of hydrogen-bond donors (Lipinski definition) is 2. The first-order valence-corrected chi connectivity index (χ1v) is 9.79. The zero-order chi connectivity index (χ0) is 15.3. The number of hydrogen-bond acceptors (Lipinski definition) is 5. The van der Waals surface area contributed by atoms with E-state index >= 15 is 0 Å². The third-order valence-corrected chi connectivity index (χ3v) is 6.68. The summed E-state index contributed by atoms with van der Waals surface area (Å²) in [6.45, 7) is 6.36. The first-order valence-electron chi connectivity index (χ1n) is 7.49. The Labute approximate surface area is 131 Å². The molecule has 2 heterocycles. The monoisotopic (exact) mass is 331 g/mol. The molecule has 1 atom stereocenters. The predicted octanol–water partition coefficient (Wildman–Crippen LogP) is 1.48. The van der Waals surface area contributed by atoms with E-state index in [1.807, 2.05) is 6.07 Å². The average molecular weight is 332 g/mol. The molecule has 0 aliphatic carbocycles. The first kappa shape index (κ1) is 16.9. The zero-order valence-corrected chi connectivity index (χ0v) is 14.4. The Morgan fingerprint density at radius 1 is 1.43 bits per heavy atom. The van der Waals surface area contributed by atoms with Gasteiger partial charge in [0.05, 0.1) is 0 Å². The van der Waals surface area contributed by atoms with Crippen molar-refractivity contribution in [3.63, 3.8) is 0 Å². The molecule has 5 nitrogen and oxygen atoms in total. The van der Waals surface area contributed by atoms with Gasteiger partial charge in [0.2, 0.25) is 10.0 Å². The average Bonchev–Trinajstić information content (AvgIpc) is 3.06. The lowest BCUT2D eigenvalue weighted by Crippen LogP contribution is -2.30. The molecule has 1 fully saturated rings. The van der Waals surface area contributed by atoms with Crippen LogP contribution >= 0.6 is 11.3 Å². The molecule has 1 aromatic heterocycles. The SMILES string of the molecule is CCCNCc1ccc(S(=O)(=O)NCC2CCN(C)C2)s1. The molecule has 0 aromatic carbocycles. The summed E-state index contributed by atoms with van der Waals surface area (Å²) in [5, 5.41) is 3.29. The van der Waals surface area contributed by atoms with Crippen molar-refractivity contribution in [1.29, 1.82) is 0 Å². The second-order valence-electron chi connectivity index (χ2n) is 5.67. The first-order chi connectivity index (χ1) is 10.0. The molecule has 1 aromatic rings. The number of rotatable bonds is 8. The molecule has 0 amide bonds. The van der Waals surface area contributed by atoms with E-state index in [2.05, 4.69) is 28.9 Å². The molecular weight excluding hydrogens is 306 g/mol. The van der Waals surface area contributed by atoms with Gasteiger partial charge in [0.1, 0.15) is 4.21 Å². The van der Waals surface area contributed by atoms with Crippen LogP contribution in [0.5, 0.6) is 0 Å². The van der Waals surface area contributed by atoms with Crippen molar-refractivity contribution in [3.8, 4) is 0 Å². The molecule has 1 saturated heterocycles. The van der Waals surface area contributed by atoms with Crippen LogP contribution in [0.1, 0.15) is 24.6 Å². The van der Waals surface area contributed by atoms with E-state index in [1.54, 1.807) is 6.07 Å². The summed E-state index contributed by atoms with van der Waals surface area (Å²) in [7, 11) is -1.28. The minimum atomic E-state index is -3.35. The van der Waals surface area contributed by atoms with Crippen LogP contribution in [0.4, 0.5) is 0 Å². The molecule has 0 spiro atoms. The summed E-state index contributed by atoms with van der Waals surface area (Å²) < 4.78 is 27.7. The second-order valence-corrected chi connectivity index (χ2v) is 8.83. The maximum absolute atomic E-state index is 12.3. The van der Waals surface area contributed by atoms with Gasteiger partial charge in [0.25, 0.3) is 0 Å². The molecule has 2 rings (SSSR count). The van der Waals surface area contributed by atoms with Gasteiger partial charge < -0.3 is 10.2 Å². The molecule has 21 heavy (non-hydrogen) atoms. The second kappa shape index (κ2) is 7.69. The van der Waals surface area contributed by atoms with Crippen LogP contribution in [0.15, 0.2) is 16.3 Å². The lowest BCUT2D eigenvalue weighted by atomic mass is 10.1. The van der Waals surface area contributed by atoms with E-state index in [-0.39, 0.29) is 0 Å². The summed E-state index contributed by atoms with van der Waals surface area (Å²) in [6.07, 6.45) is 2.14. The number of likely N-dealkylation sites (tertiary alicyclic amines) is 1. The van der Waals surface area contributed by atoms with Crippen LogP contribution < -0.4 is 10.0 Å². The molecule has 1 aliphatic rings. The topological polar surface area (TPSA) is 61.4 Å². The number of thiophene rings is 1. The Hall–Kier alpha value is -0.470. The third kappa shape index (κ3) is 5.03. The lowest BCUT2D eigenvalue weighted by Gasteiger charge is -2.11. The van der Waals surface area contributed by atoms with Gasteiger partial charge in [-0.05, 0) is 51.0 Å². The Morgan fingerprint density at radius 3 is 2.90 bits per heavy atom. The fraction of sp³-hybridized carbons (Fsp3) is 0.714. The van der Waals surface area contributed by atoms with E-state index in [1.165, 1.54) is 11.3 Å². The van der Waals surface area contributed by atoms with E-state index in [0.717, 1.165) is 43.9 Å². The van der Waals surface area contributed by atoms with Gasteiger partial charge >= 0.3 is 0 Å². The largest absolute Gasteiger partial charge is 0.312 e. The van der Waals surface area contributed by atoms with Crippen molar-refractivity contribution >= 4 is 21.4 Å². The smallest absolute Gasteiger partial charge is 0.250 e. The van der Waals surface area contributed by atoms with Gasteiger partial charge in [-0.2, -0.15) is 0 Å². The summed E-state index contributed by atoms with van der Waals surface area (Å²) in [5.41, 5.74) is 0. The molecular formula is C14H25N3O2S2. The minimum Gasteiger partial charge on any atom is -0.312 e. The van der Waals surface area contributed by atoms with Crippen LogP contribution in [-0.2, 0) is 16.6 Å². The van der Waals surface area contributed by atoms with Crippen molar-refractivity contribution in [2.75, 3.05) is 33.2 Å². The number of sulfonamides is 1. The highest BCUT2D eigenvalue weighted by atomic mass is 32.2. The van der Waals surface area contributed by atoms with Gasteiger partial charge in [-0.25, -0.2) is 13.1 Å². The molecule has 0 saturated carbocycles. The van der Waals surface area contributed by atoms with Gasteiger partial charge in [-0.1, -0.05) is 6.92 Å². The van der Waals surface area contributed by atoms with Crippen LogP contribution in [0.25, 0.3) is 0 Å². The van der Waals surface area contributed by atoms with Crippen molar-refractivity contribution in [2.45, 2.75) is 30.5 Å². The third-order valence-electron chi connectivity index (χ3n) is 3.68. The molecule has 2 N–H and O–H groups in total. The molecule has 1 unspecified atom stereocenters. The molecule has 0 bridgehead atoms. The zero-order valence-electron chi connectivity index (χ0n) is 12.8. The van der Waals surface area contributed by atoms with Gasteiger partial charge in [0.15, 0.2) is 0 Å². The highest BCUT2D eigenvalue weighted by Crippen LogP contribution is 2.22. The standard InChI is InChI=1S/C14H25N3O2S2/c1-3-7-15-10-13-4-5-14(20-13)21(18,19)16-9-12-6-8-17(2)11-12/h4-5,12,15-16H,3,6-11H2,1-2H3. The summed E-state index contributed by atoms with van der Waals surface area (Å²) in [4.78, 5) is 3.30. The normalized spacial score (nSPS) is 20.2. The summed E-state index contributed by atoms with van der Waals surface area (Å²) in [6, 6.07) is 3.60. The van der Waals surface area contributed by atoms with E-state index in [9.17, 15) is 8.42 Å². The number of nitrogens with one attached hydrogen (secondary N) is 2. The fourth-order valence-electron chi connectivity index (χ4n) is 2.48. The Bertz CT molecular complexity index is 542. The molecule has 0 radical (unpaired) electrons. The highest BCUT2D eigenvalue weighted by molar-refractivity contribution is 7.91.